The molecule has 2 fully saturated rings. The molecule has 0 aromatic carbocycles. The number of anilines is 1. The van der Waals surface area contributed by atoms with Gasteiger partial charge in [-0.05, 0) is 17.8 Å². The molecule has 1 N–H and O–H groups in total. The predicted molar refractivity (Wildman–Crippen MR) is 56.8 cm³/mol. The lowest BCUT2D eigenvalue weighted by atomic mass is 10.3. The topological polar surface area (TPSA) is 49.2 Å². The molecule has 2 heterocycles. The Balaban J connectivity index is 1.69. The smallest absolute Gasteiger partial charge is 0.147 e. The third-order valence-corrected chi connectivity index (χ3v) is 3.71. The van der Waals surface area contributed by atoms with Gasteiger partial charge in [-0.3, -0.25) is 0 Å². The number of aliphatic hydroxyl groups is 1. The van der Waals surface area contributed by atoms with Crippen LogP contribution in [0, 0.1) is 17.8 Å². The van der Waals surface area contributed by atoms with Crippen LogP contribution in [0.15, 0.2) is 12.4 Å². The van der Waals surface area contributed by atoms with Crippen LogP contribution in [0.25, 0.3) is 0 Å². The lowest BCUT2D eigenvalue weighted by Crippen LogP contribution is -2.25. The van der Waals surface area contributed by atoms with E-state index < -0.39 is 0 Å². The molecular formula is C10H12ClN3O. The molecule has 1 aliphatic heterocycles. The lowest BCUT2D eigenvalue weighted by molar-refractivity contribution is 0.260. The Morgan fingerprint density at radius 2 is 2.07 bits per heavy atom. The Bertz CT molecular complexity index is 357. The van der Waals surface area contributed by atoms with E-state index in [1.165, 1.54) is 0 Å². The fourth-order valence-electron chi connectivity index (χ4n) is 2.58. The van der Waals surface area contributed by atoms with Gasteiger partial charge >= 0.3 is 0 Å². The third-order valence-electron chi connectivity index (χ3n) is 3.51. The Labute approximate surface area is 92.9 Å². The first-order valence-electron chi connectivity index (χ1n) is 5.13. The molecule has 0 spiro atoms. The molecule has 15 heavy (non-hydrogen) atoms. The normalized spacial score (nSPS) is 32.9. The number of fused-ring (bicyclic) bond motifs is 1. The van der Waals surface area contributed by atoms with Gasteiger partial charge in [0.1, 0.15) is 11.0 Å². The fraction of sp³-hybridized carbons (Fsp3) is 0.600. The predicted octanol–water partition coefficient (Wildman–Crippen LogP) is 0.804. The summed E-state index contributed by atoms with van der Waals surface area (Å²) >= 11 is 5.68. The molecule has 2 aliphatic rings. The largest absolute Gasteiger partial charge is 0.396 e. The first-order chi connectivity index (χ1) is 7.29. The summed E-state index contributed by atoms with van der Waals surface area (Å²) in [4.78, 5) is 10.5. The van der Waals surface area contributed by atoms with Crippen molar-refractivity contribution in [3.05, 3.63) is 17.5 Å². The van der Waals surface area contributed by atoms with Crippen LogP contribution in [0.4, 0.5) is 5.82 Å². The standard InChI is InChI=1S/C10H12ClN3O/c11-9-1-13-10(2-12-9)14-3-6-7(4-14)8(6)5-15/h1-2,6-8,15H,3-5H2/t6-,7+,8?. The van der Waals surface area contributed by atoms with Crippen LogP contribution < -0.4 is 4.90 Å². The molecule has 1 aromatic rings. The lowest BCUT2D eigenvalue weighted by Gasteiger charge is -2.19. The van der Waals surface area contributed by atoms with E-state index in [1.807, 2.05) is 0 Å². The minimum absolute atomic E-state index is 0.329. The molecule has 1 aromatic heterocycles. The highest BCUT2D eigenvalue weighted by atomic mass is 35.5. The Kier molecular flexibility index (Phi) is 2.07. The summed E-state index contributed by atoms with van der Waals surface area (Å²) in [5, 5.41) is 9.47. The summed E-state index contributed by atoms with van der Waals surface area (Å²) in [5.74, 6) is 2.74. The van der Waals surface area contributed by atoms with Crippen LogP contribution >= 0.6 is 11.6 Å². The van der Waals surface area contributed by atoms with Crippen molar-refractivity contribution in [3.63, 3.8) is 0 Å². The Hall–Kier alpha value is -0.870. The number of hydrogen-bond acceptors (Lipinski definition) is 4. The maximum Gasteiger partial charge on any atom is 0.147 e. The highest BCUT2D eigenvalue weighted by molar-refractivity contribution is 6.29. The van der Waals surface area contributed by atoms with Crippen LogP contribution in [0.2, 0.25) is 5.15 Å². The maximum absolute atomic E-state index is 9.04. The van der Waals surface area contributed by atoms with Crippen LogP contribution in [0.3, 0.4) is 0 Å². The summed E-state index contributed by atoms with van der Waals surface area (Å²) < 4.78 is 0. The van der Waals surface area contributed by atoms with Crippen LogP contribution in [-0.2, 0) is 0 Å². The van der Waals surface area contributed by atoms with E-state index in [4.69, 9.17) is 16.7 Å². The average Bonchev–Trinajstić information content (AvgIpc) is 2.72. The molecule has 5 heteroatoms. The third kappa shape index (κ3) is 1.48. The Morgan fingerprint density at radius 3 is 2.60 bits per heavy atom. The van der Waals surface area contributed by atoms with Crippen molar-refractivity contribution in [1.29, 1.82) is 0 Å². The zero-order chi connectivity index (χ0) is 10.4. The van der Waals surface area contributed by atoms with E-state index in [2.05, 4.69) is 14.9 Å². The minimum Gasteiger partial charge on any atom is -0.396 e. The van der Waals surface area contributed by atoms with E-state index in [-0.39, 0.29) is 0 Å². The van der Waals surface area contributed by atoms with E-state index >= 15 is 0 Å². The second-order valence-electron chi connectivity index (χ2n) is 4.28. The molecule has 1 saturated carbocycles. The number of aliphatic hydroxyl groups excluding tert-OH is 1. The van der Waals surface area contributed by atoms with Gasteiger partial charge in [0.2, 0.25) is 0 Å². The van der Waals surface area contributed by atoms with Crippen molar-refractivity contribution in [2.24, 2.45) is 17.8 Å². The summed E-state index contributed by atoms with van der Waals surface area (Å²) in [6, 6.07) is 0. The summed E-state index contributed by atoms with van der Waals surface area (Å²) in [7, 11) is 0. The number of halogens is 1. The highest BCUT2D eigenvalue weighted by Gasteiger charge is 2.55. The van der Waals surface area contributed by atoms with Crippen LogP contribution in [-0.4, -0.2) is 34.8 Å². The summed E-state index contributed by atoms with van der Waals surface area (Å²) in [6.45, 7) is 2.31. The monoisotopic (exact) mass is 225 g/mol. The van der Waals surface area contributed by atoms with Crippen molar-refractivity contribution in [3.8, 4) is 0 Å². The first-order valence-corrected chi connectivity index (χ1v) is 5.50. The quantitative estimate of drug-likeness (QED) is 0.809. The van der Waals surface area contributed by atoms with Crippen molar-refractivity contribution in [2.75, 3.05) is 24.6 Å². The van der Waals surface area contributed by atoms with Gasteiger partial charge in [-0.1, -0.05) is 11.6 Å². The molecular weight excluding hydrogens is 214 g/mol. The zero-order valence-electron chi connectivity index (χ0n) is 8.17. The van der Waals surface area contributed by atoms with Gasteiger partial charge in [0.05, 0.1) is 12.4 Å². The Morgan fingerprint density at radius 1 is 1.33 bits per heavy atom. The molecule has 1 unspecified atom stereocenters. The number of rotatable bonds is 2. The maximum atomic E-state index is 9.04. The van der Waals surface area contributed by atoms with Gasteiger partial charge in [-0.15, -0.1) is 0 Å². The number of nitrogens with zero attached hydrogens (tertiary/aromatic N) is 3. The molecule has 0 bridgehead atoms. The zero-order valence-corrected chi connectivity index (χ0v) is 8.93. The van der Waals surface area contributed by atoms with E-state index in [1.54, 1.807) is 12.4 Å². The molecule has 3 rings (SSSR count). The SMILES string of the molecule is OCC1[C@H]2CN(c3cnc(Cl)cn3)C[C@@H]12. The van der Waals surface area contributed by atoms with Crippen LogP contribution in [0.5, 0.6) is 0 Å². The molecule has 0 radical (unpaired) electrons. The second-order valence-corrected chi connectivity index (χ2v) is 4.66. The first kappa shape index (κ1) is 9.36. The minimum atomic E-state index is 0.329. The van der Waals surface area contributed by atoms with E-state index in [0.29, 0.717) is 29.5 Å². The van der Waals surface area contributed by atoms with Crippen molar-refractivity contribution >= 4 is 17.4 Å². The van der Waals surface area contributed by atoms with Crippen molar-refractivity contribution in [1.82, 2.24) is 9.97 Å². The fourth-order valence-corrected chi connectivity index (χ4v) is 2.67. The van der Waals surface area contributed by atoms with Crippen LogP contribution in [0.1, 0.15) is 0 Å². The van der Waals surface area contributed by atoms with Gasteiger partial charge in [0, 0.05) is 19.7 Å². The highest BCUT2D eigenvalue weighted by Crippen LogP contribution is 2.51. The molecule has 0 amide bonds. The van der Waals surface area contributed by atoms with E-state index in [0.717, 1.165) is 18.9 Å². The van der Waals surface area contributed by atoms with Gasteiger partial charge in [-0.2, -0.15) is 0 Å². The number of hydrogen-bond donors (Lipinski definition) is 1. The van der Waals surface area contributed by atoms with E-state index in [9.17, 15) is 0 Å². The van der Waals surface area contributed by atoms with Gasteiger partial charge < -0.3 is 10.0 Å². The number of aromatic nitrogens is 2. The molecule has 1 saturated heterocycles. The van der Waals surface area contributed by atoms with Gasteiger partial charge in [0.15, 0.2) is 0 Å². The van der Waals surface area contributed by atoms with Gasteiger partial charge in [0.25, 0.3) is 0 Å². The molecule has 1 aliphatic carbocycles. The molecule has 80 valence electrons. The van der Waals surface area contributed by atoms with Crippen molar-refractivity contribution < 1.29 is 5.11 Å². The molecule has 3 atom stereocenters. The second kappa shape index (κ2) is 3.32. The van der Waals surface area contributed by atoms with Gasteiger partial charge in [-0.25, -0.2) is 9.97 Å². The van der Waals surface area contributed by atoms with Crippen molar-refractivity contribution in [2.45, 2.75) is 0 Å². The summed E-state index contributed by atoms with van der Waals surface area (Å²) in [6.07, 6.45) is 3.28. The average molecular weight is 226 g/mol. The number of piperidine rings is 1. The summed E-state index contributed by atoms with van der Waals surface area (Å²) in [5.41, 5.74) is 0. The molecule has 4 nitrogen and oxygen atoms in total.